The molecule has 8 nitrogen and oxygen atoms in total. The molecule has 0 radical (unpaired) electrons. The van der Waals surface area contributed by atoms with Gasteiger partial charge < -0.3 is 15.1 Å². The molecule has 3 aliphatic rings. The highest BCUT2D eigenvalue weighted by molar-refractivity contribution is 5.96. The molecule has 2 aromatic rings. The van der Waals surface area contributed by atoms with Gasteiger partial charge in [0.2, 0.25) is 5.91 Å². The minimum absolute atomic E-state index is 0.0159. The molecule has 0 atom stereocenters. The molecule has 1 aliphatic carbocycles. The van der Waals surface area contributed by atoms with Crippen LogP contribution in [0.3, 0.4) is 0 Å². The molecule has 5 rings (SSSR count). The van der Waals surface area contributed by atoms with Gasteiger partial charge in [-0.15, -0.1) is 0 Å². The van der Waals surface area contributed by atoms with Crippen molar-refractivity contribution in [1.29, 1.82) is 0 Å². The average Bonchev–Trinajstić information content (AvgIpc) is 2.99. The summed E-state index contributed by atoms with van der Waals surface area (Å²) < 4.78 is 13.1. The highest BCUT2D eigenvalue weighted by atomic mass is 19.1. The number of hydrogen-bond acceptors (Lipinski definition) is 5. The number of hydrogen-bond donors (Lipinski definition) is 1. The predicted octanol–water partition coefficient (Wildman–Crippen LogP) is 3.48. The van der Waals surface area contributed by atoms with Crippen molar-refractivity contribution >= 4 is 17.7 Å². The largest absolute Gasteiger partial charge is 0.348 e. The van der Waals surface area contributed by atoms with E-state index in [1.165, 1.54) is 24.8 Å². The maximum atomic E-state index is 13.1. The smallest absolute Gasteiger partial charge is 0.270 e. The van der Waals surface area contributed by atoms with Crippen LogP contribution in [0, 0.1) is 11.7 Å². The van der Waals surface area contributed by atoms with E-state index in [0.29, 0.717) is 31.7 Å². The molecular formula is C30H38FN5O3. The molecule has 3 amide bonds. The number of nitrogens with zero attached hydrogens (tertiary/aromatic N) is 4. The van der Waals surface area contributed by atoms with Gasteiger partial charge in [0.1, 0.15) is 11.5 Å². The fraction of sp³-hybridized carbons (Fsp3) is 0.533. The molecule has 0 unspecified atom stereocenters. The molecular weight excluding hydrogens is 497 g/mol. The number of pyridine rings is 1. The predicted molar refractivity (Wildman–Crippen MR) is 145 cm³/mol. The molecule has 0 bridgehead atoms. The average molecular weight is 536 g/mol. The third-order valence-electron chi connectivity index (χ3n) is 8.32. The molecule has 1 saturated carbocycles. The Balaban J connectivity index is 1.06. The highest BCUT2D eigenvalue weighted by Gasteiger charge is 2.30. The van der Waals surface area contributed by atoms with Crippen molar-refractivity contribution in [3.8, 4) is 0 Å². The number of piperidine rings is 1. The Labute approximate surface area is 229 Å². The number of carbonyl (C=O) groups is 3. The number of piperazine rings is 1. The van der Waals surface area contributed by atoms with Gasteiger partial charge in [-0.25, -0.2) is 4.39 Å². The lowest BCUT2D eigenvalue weighted by Crippen LogP contribution is -2.48. The summed E-state index contributed by atoms with van der Waals surface area (Å²) in [5.41, 5.74) is 1.80. The maximum Gasteiger partial charge on any atom is 0.270 e. The van der Waals surface area contributed by atoms with Gasteiger partial charge in [0, 0.05) is 64.0 Å². The zero-order valence-electron chi connectivity index (χ0n) is 22.5. The van der Waals surface area contributed by atoms with E-state index in [0.717, 1.165) is 63.7 Å². The van der Waals surface area contributed by atoms with E-state index in [2.05, 4.69) is 15.2 Å². The molecule has 1 aromatic heterocycles. The lowest BCUT2D eigenvalue weighted by molar-refractivity contribution is -0.137. The van der Waals surface area contributed by atoms with Gasteiger partial charge in [-0.3, -0.25) is 24.3 Å². The monoisotopic (exact) mass is 535 g/mol. The summed E-state index contributed by atoms with van der Waals surface area (Å²) in [7, 11) is 0. The zero-order valence-corrected chi connectivity index (χ0v) is 22.5. The quantitative estimate of drug-likeness (QED) is 0.612. The first-order valence-electron chi connectivity index (χ1n) is 14.3. The number of carbonyl (C=O) groups excluding carboxylic acids is 3. The van der Waals surface area contributed by atoms with E-state index in [1.54, 1.807) is 29.2 Å². The number of amides is 3. The fourth-order valence-electron chi connectivity index (χ4n) is 5.91. The van der Waals surface area contributed by atoms with Crippen molar-refractivity contribution in [3.05, 3.63) is 65.2 Å². The summed E-state index contributed by atoms with van der Waals surface area (Å²) in [6.07, 6.45) is 8.51. The Kier molecular flexibility index (Phi) is 8.86. The van der Waals surface area contributed by atoms with Crippen molar-refractivity contribution in [2.75, 3.05) is 39.3 Å². The molecule has 1 N–H and O–H groups in total. The van der Waals surface area contributed by atoms with Crippen molar-refractivity contribution in [2.24, 2.45) is 5.92 Å². The van der Waals surface area contributed by atoms with Gasteiger partial charge in [0.05, 0.1) is 5.56 Å². The van der Waals surface area contributed by atoms with E-state index in [4.69, 9.17) is 0 Å². The van der Waals surface area contributed by atoms with Gasteiger partial charge in [-0.2, -0.15) is 0 Å². The second kappa shape index (κ2) is 12.7. The van der Waals surface area contributed by atoms with Crippen LogP contribution in [0.4, 0.5) is 4.39 Å². The van der Waals surface area contributed by atoms with Gasteiger partial charge in [0.15, 0.2) is 0 Å². The van der Waals surface area contributed by atoms with Crippen molar-refractivity contribution in [2.45, 2.75) is 57.5 Å². The van der Waals surface area contributed by atoms with Gasteiger partial charge in [-0.1, -0.05) is 31.4 Å². The maximum absolute atomic E-state index is 13.1. The highest BCUT2D eigenvalue weighted by Crippen LogP contribution is 2.26. The number of nitrogens with one attached hydrogen (secondary N) is 1. The normalized spacial score (nSPS) is 19.6. The van der Waals surface area contributed by atoms with Crippen LogP contribution in [0.2, 0.25) is 0 Å². The lowest BCUT2D eigenvalue weighted by atomic mass is 9.87. The van der Waals surface area contributed by atoms with Crippen LogP contribution >= 0.6 is 0 Å². The first-order valence-corrected chi connectivity index (χ1v) is 14.3. The molecule has 2 saturated heterocycles. The minimum Gasteiger partial charge on any atom is -0.348 e. The second-order valence-electron chi connectivity index (χ2n) is 11.0. The summed E-state index contributed by atoms with van der Waals surface area (Å²) in [6.45, 7) is 4.76. The molecule has 39 heavy (non-hydrogen) atoms. The standard InChI is InChI=1S/C30H38FN5O3/c31-25-9-6-22(7-10-25)21-34-16-18-36(19-17-34)30(39)24-8-11-27(32-20-24)28(37)33-26-12-14-35(15-13-26)29(38)23-4-2-1-3-5-23/h6-11,20,23,26H,1-5,12-19,21H2,(H,33,37). The third-order valence-corrected chi connectivity index (χ3v) is 8.32. The molecule has 0 spiro atoms. The summed E-state index contributed by atoms with van der Waals surface area (Å²) >= 11 is 0. The van der Waals surface area contributed by atoms with Crippen molar-refractivity contribution in [3.63, 3.8) is 0 Å². The summed E-state index contributed by atoms with van der Waals surface area (Å²) in [5, 5.41) is 3.05. The van der Waals surface area contributed by atoms with Crippen LogP contribution in [-0.2, 0) is 11.3 Å². The van der Waals surface area contributed by atoms with E-state index in [1.807, 2.05) is 4.90 Å². The Bertz CT molecular complexity index is 1130. The fourth-order valence-corrected chi connectivity index (χ4v) is 5.91. The summed E-state index contributed by atoms with van der Waals surface area (Å²) in [6, 6.07) is 9.81. The minimum atomic E-state index is -0.250. The first-order chi connectivity index (χ1) is 19.0. The Morgan fingerprint density at radius 3 is 2.15 bits per heavy atom. The van der Waals surface area contributed by atoms with Gasteiger partial charge >= 0.3 is 0 Å². The molecule has 3 fully saturated rings. The molecule has 1 aromatic carbocycles. The lowest BCUT2D eigenvalue weighted by Gasteiger charge is -2.35. The third kappa shape index (κ3) is 7.01. The summed E-state index contributed by atoms with van der Waals surface area (Å²) in [4.78, 5) is 48.9. The van der Waals surface area contributed by atoms with Crippen LogP contribution in [0.15, 0.2) is 42.6 Å². The molecule has 3 heterocycles. The second-order valence-corrected chi connectivity index (χ2v) is 11.0. The van der Waals surface area contributed by atoms with Gasteiger partial charge in [0.25, 0.3) is 11.8 Å². The van der Waals surface area contributed by atoms with Crippen LogP contribution < -0.4 is 5.32 Å². The first kappa shape index (κ1) is 27.2. The van der Waals surface area contributed by atoms with Crippen LogP contribution in [0.1, 0.15) is 71.4 Å². The number of halogens is 1. The van der Waals surface area contributed by atoms with E-state index < -0.39 is 0 Å². The Morgan fingerprint density at radius 1 is 0.821 bits per heavy atom. The molecule has 208 valence electrons. The van der Waals surface area contributed by atoms with Crippen LogP contribution in [0.25, 0.3) is 0 Å². The molecule has 9 heteroatoms. The zero-order chi connectivity index (χ0) is 27.2. The Hall–Kier alpha value is -3.33. The molecule has 2 aliphatic heterocycles. The number of benzene rings is 1. The number of likely N-dealkylation sites (tertiary alicyclic amines) is 1. The van der Waals surface area contributed by atoms with E-state index in [9.17, 15) is 18.8 Å². The van der Waals surface area contributed by atoms with Crippen LogP contribution in [-0.4, -0.2) is 82.7 Å². The van der Waals surface area contributed by atoms with E-state index in [-0.39, 0.29) is 41.2 Å². The van der Waals surface area contributed by atoms with E-state index >= 15 is 0 Å². The summed E-state index contributed by atoms with van der Waals surface area (Å²) in [5.74, 6) is -0.114. The van der Waals surface area contributed by atoms with Crippen molar-refractivity contribution < 1.29 is 18.8 Å². The number of rotatable bonds is 6. The Morgan fingerprint density at radius 2 is 1.51 bits per heavy atom. The SMILES string of the molecule is O=C(NC1CCN(C(=O)C2CCCCC2)CC1)c1ccc(C(=O)N2CCN(Cc3ccc(F)cc3)CC2)cn1. The van der Waals surface area contributed by atoms with Crippen LogP contribution in [0.5, 0.6) is 0 Å². The van der Waals surface area contributed by atoms with Gasteiger partial charge in [-0.05, 0) is 55.5 Å². The topological polar surface area (TPSA) is 85.8 Å². The number of aromatic nitrogens is 1. The van der Waals surface area contributed by atoms with Crippen molar-refractivity contribution in [1.82, 2.24) is 25.0 Å².